The normalized spacial score (nSPS) is 14.0. The second kappa shape index (κ2) is 10.1. The lowest BCUT2D eigenvalue weighted by Gasteiger charge is -2.17. The number of aliphatic carboxylic acids is 1. The van der Waals surface area contributed by atoms with Crippen molar-refractivity contribution >= 4 is 17.6 Å². The predicted molar refractivity (Wildman–Crippen MR) is 110 cm³/mol. The van der Waals surface area contributed by atoms with Gasteiger partial charge in [-0.15, -0.1) is 0 Å². The fourth-order valence-corrected chi connectivity index (χ4v) is 3.62. The number of pyridine rings is 1. The first-order valence-electron chi connectivity index (χ1n) is 10.3. The summed E-state index contributed by atoms with van der Waals surface area (Å²) in [7, 11) is 0. The lowest BCUT2D eigenvalue weighted by atomic mass is 9.93. The Morgan fingerprint density at radius 2 is 2.03 bits per heavy atom. The summed E-state index contributed by atoms with van der Waals surface area (Å²) in [4.78, 5) is 36.7. The van der Waals surface area contributed by atoms with Gasteiger partial charge in [-0.25, -0.2) is 4.98 Å². The molecule has 0 spiro atoms. The molecule has 2 aromatic rings. The third-order valence-electron chi connectivity index (χ3n) is 5.20. The van der Waals surface area contributed by atoms with Gasteiger partial charge in [0.2, 0.25) is 0 Å². The molecule has 0 amide bonds. The summed E-state index contributed by atoms with van der Waals surface area (Å²) in [5.74, 6) is -0.294. The molecule has 3 rings (SSSR count). The van der Waals surface area contributed by atoms with E-state index in [9.17, 15) is 9.59 Å². The molecule has 0 aliphatic carbocycles. The minimum absolute atomic E-state index is 0.0682. The highest BCUT2D eigenvalue weighted by molar-refractivity contribution is 5.80. The number of ketones is 1. The van der Waals surface area contributed by atoms with Crippen LogP contribution in [0.5, 0.6) is 0 Å². The summed E-state index contributed by atoms with van der Waals surface area (Å²) in [6, 6.07) is 4.22. The first-order chi connectivity index (χ1) is 14.0. The van der Waals surface area contributed by atoms with Crippen LogP contribution in [0.15, 0.2) is 24.5 Å². The quantitative estimate of drug-likeness (QED) is 0.592. The van der Waals surface area contributed by atoms with Crippen LogP contribution < -0.4 is 5.32 Å². The van der Waals surface area contributed by atoms with Crippen LogP contribution in [0.4, 0.5) is 5.82 Å². The van der Waals surface area contributed by atoms with Gasteiger partial charge in [-0.2, -0.15) is 0 Å². The lowest BCUT2D eigenvalue weighted by molar-refractivity contribution is -0.137. The average Bonchev–Trinajstić information content (AvgIpc) is 2.71. The van der Waals surface area contributed by atoms with E-state index in [1.165, 1.54) is 5.56 Å². The van der Waals surface area contributed by atoms with Crippen molar-refractivity contribution in [1.29, 1.82) is 0 Å². The Morgan fingerprint density at radius 1 is 1.17 bits per heavy atom. The van der Waals surface area contributed by atoms with Crippen LogP contribution in [0, 0.1) is 6.92 Å². The molecule has 0 radical (unpaired) electrons. The number of aryl methyl sites for hydroxylation is 3. The van der Waals surface area contributed by atoms with Crippen molar-refractivity contribution in [3.63, 3.8) is 0 Å². The minimum atomic E-state index is -0.933. The zero-order chi connectivity index (χ0) is 20.6. The SMILES string of the molecule is Cc1cnc(C(CC(=O)O)CC(=O)CCCCc2ccc3c(n2)NCCC3)cn1. The Balaban J connectivity index is 1.46. The molecule has 1 aliphatic heterocycles. The molecule has 1 unspecified atom stereocenters. The Hall–Kier alpha value is -2.83. The van der Waals surface area contributed by atoms with E-state index in [1.807, 2.05) is 6.92 Å². The van der Waals surface area contributed by atoms with Crippen LogP contribution in [0.1, 0.15) is 67.1 Å². The van der Waals surface area contributed by atoms with Crippen molar-refractivity contribution in [2.45, 2.75) is 64.2 Å². The maximum Gasteiger partial charge on any atom is 0.304 e. The number of nitrogens with zero attached hydrogens (tertiary/aromatic N) is 3. The van der Waals surface area contributed by atoms with Gasteiger partial charge in [0.25, 0.3) is 0 Å². The van der Waals surface area contributed by atoms with Crippen LogP contribution in [0.3, 0.4) is 0 Å². The smallest absolute Gasteiger partial charge is 0.304 e. The summed E-state index contributed by atoms with van der Waals surface area (Å²) in [6.45, 7) is 2.79. The van der Waals surface area contributed by atoms with Gasteiger partial charge in [0.1, 0.15) is 11.6 Å². The van der Waals surface area contributed by atoms with Gasteiger partial charge in [-0.1, -0.05) is 6.07 Å². The second-order valence-electron chi connectivity index (χ2n) is 7.67. The molecule has 2 N–H and O–H groups in total. The number of unbranched alkanes of at least 4 members (excludes halogenated alkanes) is 1. The van der Waals surface area contributed by atoms with E-state index in [2.05, 4.69) is 32.4 Å². The molecule has 0 aromatic carbocycles. The molecule has 0 bridgehead atoms. The van der Waals surface area contributed by atoms with Gasteiger partial charge in [0, 0.05) is 43.4 Å². The van der Waals surface area contributed by atoms with E-state index < -0.39 is 11.9 Å². The van der Waals surface area contributed by atoms with Gasteiger partial charge in [-0.05, 0) is 50.7 Å². The molecule has 29 heavy (non-hydrogen) atoms. The first-order valence-corrected chi connectivity index (χ1v) is 10.3. The molecular formula is C22H28N4O3. The monoisotopic (exact) mass is 396 g/mol. The Kier molecular flexibility index (Phi) is 7.27. The molecule has 0 fully saturated rings. The van der Waals surface area contributed by atoms with Crippen LogP contribution in [-0.2, 0) is 22.4 Å². The number of rotatable bonds is 10. The molecule has 7 heteroatoms. The van der Waals surface area contributed by atoms with Crippen molar-refractivity contribution in [2.75, 3.05) is 11.9 Å². The number of nitrogens with one attached hydrogen (secondary N) is 1. The summed E-state index contributed by atoms with van der Waals surface area (Å²) in [5.41, 5.74) is 3.65. The highest BCUT2D eigenvalue weighted by Crippen LogP contribution is 2.23. The Morgan fingerprint density at radius 3 is 2.79 bits per heavy atom. The fourth-order valence-electron chi connectivity index (χ4n) is 3.62. The lowest BCUT2D eigenvalue weighted by Crippen LogP contribution is -2.14. The van der Waals surface area contributed by atoms with Crippen molar-refractivity contribution in [3.8, 4) is 0 Å². The van der Waals surface area contributed by atoms with Gasteiger partial charge in [-0.3, -0.25) is 19.6 Å². The van der Waals surface area contributed by atoms with Gasteiger partial charge >= 0.3 is 5.97 Å². The second-order valence-corrected chi connectivity index (χ2v) is 7.67. The third-order valence-corrected chi connectivity index (χ3v) is 5.20. The fraction of sp³-hybridized carbons (Fsp3) is 0.500. The number of carboxylic acid groups (broad SMARTS) is 1. The minimum Gasteiger partial charge on any atom is -0.481 e. The molecule has 154 valence electrons. The van der Waals surface area contributed by atoms with Crippen LogP contribution >= 0.6 is 0 Å². The van der Waals surface area contributed by atoms with Gasteiger partial charge in [0.15, 0.2) is 0 Å². The third kappa shape index (κ3) is 6.34. The van der Waals surface area contributed by atoms with E-state index >= 15 is 0 Å². The molecule has 3 heterocycles. The maximum absolute atomic E-state index is 12.4. The van der Waals surface area contributed by atoms with Crippen LogP contribution in [0.2, 0.25) is 0 Å². The number of carbonyl (C=O) groups excluding carboxylic acids is 1. The summed E-state index contributed by atoms with van der Waals surface area (Å²) in [6.07, 6.45) is 8.40. The largest absolute Gasteiger partial charge is 0.481 e. The highest BCUT2D eigenvalue weighted by atomic mass is 16.4. The number of fused-ring (bicyclic) bond motifs is 1. The van der Waals surface area contributed by atoms with Crippen LogP contribution in [0.25, 0.3) is 0 Å². The molecule has 7 nitrogen and oxygen atoms in total. The Labute approximate surface area is 171 Å². The molecule has 0 saturated heterocycles. The number of Topliss-reactive ketones (excluding diaryl/α,β-unsaturated/α-hetero) is 1. The van der Waals surface area contributed by atoms with Crippen molar-refractivity contribution in [3.05, 3.63) is 47.2 Å². The zero-order valence-electron chi connectivity index (χ0n) is 16.9. The number of hydrogen-bond acceptors (Lipinski definition) is 6. The van der Waals surface area contributed by atoms with E-state index in [4.69, 9.17) is 5.11 Å². The Bertz CT molecular complexity index is 852. The van der Waals surface area contributed by atoms with Gasteiger partial charge < -0.3 is 10.4 Å². The molecular weight excluding hydrogens is 368 g/mol. The topological polar surface area (TPSA) is 105 Å². The van der Waals surface area contributed by atoms with E-state index in [1.54, 1.807) is 12.4 Å². The van der Waals surface area contributed by atoms with Crippen molar-refractivity contribution in [2.24, 2.45) is 0 Å². The number of hydrogen-bond donors (Lipinski definition) is 2. The van der Waals surface area contributed by atoms with E-state index in [-0.39, 0.29) is 18.6 Å². The number of carbonyl (C=O) groups is 2. The predicted octanol–water partition coefficient (Wildman–Crippen LogP) is 3.47. The van der Waals surface area contributed by atoms with E-state index in [0.717, 1.165) is 55.9 Å². The summed E-state index contributed by atoms with van der Waals surface area (Å²) in [5, 5.41) is 12.5. The van der Waals surface area contributed by atoms with Crippen LogP contribution in [-0.4, -0.2) is 38.4 Å². The molecule has 2 aromatic heterocycles. The standard InChI is InChI=1S/C22H28N4O3/c1-15-13-25-20(14-24-15)17(12-21(28)29)11-19(27)7-3-2-6-18-9-8-16-5-4-10-23-22(16)26-18/h8-9,13-14,17H,2-7,10-12H2,1H3,(H,23,26)(H,28,29). The number of anilines is 1. The average molecular weight is 396 g/mol. The highest BCUT2D eigenvalue weighted by Gasteiger charge is 2.21. The van der Waals surface area contributed by atoms with Crippen molar-refractivity contribution < 1.29 is 14.7 Å². The van der Waals surface area contributed by atoms with E-state index in [0.29, 0.717) is 12.1 Å². The number of carboxylic acids is 1. The number of aromatic nitrogens is 3. The van der Waals surface area contributed by atoms with Gasteiger partial charge in [0.05, 0.1) is 17.8 Å². The maximum atomic E-state index is 12.4. The molecule has 0 saturated carbocycles. The molecule has 1 atom stereocenters. The van der Waals surface area contributed by atoms with Crippen molar-refractivity contribution in [1.82, 2.24) is 15.0 Å². The first kappa shape index (κ1) is 20.9. The zero-order valence-corrected chi connectivity index (χ0v) is 16.9. The summed E-state index contributed by atoms with van der Waals surface area (Å²) >= 11 is 0. The summed E-state index contributed by atoms with van der Waals surface area (Å²) < 4.78 is 0. The molecule has 1 aliphatic rings.